The van der Waals surface area contributed by atoms with Gasteiger partial charge in [0.1, 0.15) is 12.1 Å². The number of carboxylic acid groups (broad SMARTS) is 1. The molecule has 1 aliphatic heterocycles. The fraction of sp³-hybridized carbons (Fsp3) is 0.389. The highest BCUT2D eigenvalue weighted by Gasteiger charge is 2.39. The monoisotopic (exact) mass is 394 g/mol. The summed E-state index contributed by atoms with van der Waals surface area (Å²) in [5.74, 6) is 0.754. The lowest BCUT2D eigenvalue weighted by atomic mass is 10.1. The lowest BCUT2D eigenvalue weighted by molar-refractivity contribution is -0.152. The van der Waals surface area contributed by atoms with Gasteiger partial charge in [-0.15, -0.1) is 13.2 Å². The van der Waals surface area contributed by atoms with Crippen LogP contribution in [0.4, 0.5) is 0 Å². The number of aldehydes is 1. The molecule has 2 rings (SSSR count). The molecule has 1 amide bonds. The van der Waals surface area contributed by atoms with Gasteiger partial charge < -0.3 is 14.6 Å². The molecule has 0 unspecified atom stereocenters. The van der Waals surface area contributed by atoms with Gasteiger partial charge in [0.05, 0.1) is 12.2 Å². The number of nitrogens with zero attached hydrogens (tertiary/aromatic N) is 2. The Hall–Kier alpha value is -1.93. The van der Waals surface area contributed by atoms with Crippen LogP contribution in [0, 0.1) is 0 Å². The average Bonchev–Trinajstić information content (AvgIpc) is 3.03. The van der Waals surface area contributed by atoms with Crippen molar-refractivity contribution >= 4 is 41.7 Å². The molecular weight excluding hydrogens is 372 g/mol. The Morgan fingerprint density at radius 2 is 2.00 bits per heavy atom. The van der Waals surface area contributed by atoms with E-state index in [2.05, 4.69) is 13.2 Å². The number of thioether (sulfide) groups is 2. The Bertz CT molecular complexity index is 701. The number of aromatic nitrogens is 1. The number of hydrogen-bond acceptors (Lipinski definition) is 5. The third kappa shape index (κ3) is 4.42. The zero-order chi connectivity index (χ0) is 19.1. The molecule has 0 spiro atoms. The number of hydrogen-bond donors (Lipinski definition) is 1. The highest BCUT2D eigenvalue weighted by atomic mass is 32.2. The van der Waals surface area contributed by atoms with Gasteiger partial charge in [0.25, 0.3) is 0 Å². The van der Waals surface area contributed by atoms with Crippen LogP contribution in [0.5, 0.6) is 0 Å². The summed E-state index contributed by atoms with van der Waals surface area (Å²) in [5.41, 5.74) is 1.21. The van der Waals surface area contributed by atoms with Gasteiger partial charge in [-0.3, -0.25) is 9.59 Å². The van der Waals surface area contributed by atoms with Gasteiger partial charge in [0, 0.05) is 28.7 Å². The normalized spacial score (nSPS) is 17.5. The van der Waals surface area contributed by atoms with Crippen LogP contribution in [-0.2, 0) is 16.1 Å². The van der Waals surface area contributed by atoms with Crippen molar-refractivity contribution < 1.29 is 19.5 Å². The molecule has 0 radical (unpaired) electrons. The van der Waals surface area contributed by atoms with Crippen LogP contribution in [0.3, 0.4) is 0 Å². The van der Waals surface area contributed by atoms with Crippen LogP contribution in [0.15, 0.2) is 37.4 Å². The van der Waals surface area contributed by atoms with E-state index in [1.165, 1.54) is 28.4 Å². The zero-order valence-corrected chi connectivity index (χ0v) is 16.0. The van der Waals surface area contributed by atoms with Crippen LogP contribution < -0.4 is 0 Å². The average molecular weight is 395 g/mol. The van der Waals surface area contributed by atoms with E-state index in [-0.39, 0.29) is 12.5 Å². The first kappa shape index (κ1) is 20.4. The zero-order valence-electron chi connectivity index (χ0n) is 14.4. The molecule has 1 aliphatic rings. The van der Waals surface area contributed by atoms with Crippen molar-refractivity contribution in [1.82, 2.24) is 9.47 Å². The highest BCUT2D eigenvalue weighted by molar-refractivity contribution is 7.99. The van der Waals surface area contributed by atoms with E-state index in [9.17, 15) is 19.5 Å². The number of carbonyl (C=O) groups excluding carboxylic acids is 2. The largest absolute Gasteiger partial charge is 0.480 e. The molecule has 1 N–H and O–H groups in total. The van der Waals surface area contributed by atoms with Gasteiger partial charge in [-0.2, -0.15) is 23.5 Å². The summed E-state index contributed by atoms with van der Waals surface area (Å²) >= 11 is 2.95. The second-order valence-electron chi connectivity index (χ2n) is 5.73. The maximum absolute atomic E-state index is 13.1. The molecule has 1 aromatic rings. The van der Waals surface area contributed by atoms with E-state index < -0.39 is 18.1 Å². The summed E-state index contributed by atoms with van der Waals surface area (Å²) in [7, 11) is 0. The number of aliphatic carboxylic acids is 1. The minimum absolute atomic E-state index is 0.181. The van der Waals surface area contributed by atoms with Gasteiger partial charge in [-0.05, 0) is 12.1 Å². The molecule has 1 aromatic heterocycles. The third-order valence-electron chi connectivity index (χ3n) is 4.05. The Labute approximate surface area is 161 Å². The van der Waals surface area contributed by atoms with E-state index in [0.29, 0.717) is 28.7 Å². The van der Waals surface area contributed by atoms with Crippen molar-refractivity contribution in [3.63, 3.8) is 0 Å². The molecule has 0 bridgehead atoms. The van der Waals surface area contributed by atoms with E-state index >= 15 is 0 Å². The van der Waals surface area contributed by atoms with Crippen molar-refractivity contribution in [3.05, 3.63) is 48.8 Å². The van der Waals surface area contributed by atoms with Crippen molar-refractivity contribution in [2.45, 2.75) is 18.6 Å². The summed E-state index contributed by atoms with van der Waals surface area (Å²) in [6, 6.07) is 1.95. The molecule has 140 valence electrons. The number of amides is 1. The SMILES string of the molecule is C=CCSC[C@@H]1C(=O)N([C@@H](CSCC=C)C(=O)O)Cc2ccc(C=O)n21. The van der Waals surface area contributed by atoms with Crippen molar-refractivity contribution in [3.8, 4) is 0 Å². The molecule has 8 heteroatoms. The minimum atomic E-state index is -1.02. The quantitative estimate of drug-likeness (QED) is 0.353. The van der Waals surface area contributed by atoms with Crippen LogP contribution in [-0.4, -0.2) is 61.8 Å². The minimum Gasteiger partial charge on any atom is -0.480 e. The van der Waals surface area contributed by atoms with E-state index in [1.54, 1.807) is 28.9 Å². The van der Waals surface area contributed by atoms with E-state index in [0.717, 1.165) is 12.0 Å². The first-order valence-electron chi connectivity index (χ1n) is 8.11. The van der Waals surface area contributed by atoms with Crippen LogP contribution >= 0.6 is 23.5 Å². The van der Waals surface area contributed by atoms with E-state index in [4.69, 9.17) is 0 Å². The fourth-order valence-electron chi connectivity index (χ4n) is 2.90. The third-order valence-corrected chi connectivity index (χ3v) is 6.10. The van der Waals surface area contributed by atoms with Gasteiger partial charge in [-0.25, -0.2) is 4.79 Å². The number of carboxylic acids is 1. The molecular formula is C18H22N2O4S2. The Kier molecular flexibility index (Phi) is 7.59. The van der Waals surface area contributed by atoms with Gasteiger partial charge >= 0.3 is 5.97 Å². The second-order valence-corrected chi connectivity index (χ2v) is 7.88. The lowest BCUT2D eigenvalue weighted by Crippen LogP contribution is -2.52. The predicted octanol–water partition coefficient (Wildman–Crippen LogP) is 2.48. The van der Waals surface area contributed by atoms with Crippen LogP contribution in [0.1, 0.15) is 22.2 Å². The molecule has 0 saturated carbocycles. The van der Waals surface area contributed by atoms with Crippen molar-refractivity contribution in [2.75, 3.05) is 23.0 Å². The molecule has 0 aliphatic carbocycles. The molecule has 2 atom stereocenters. The van der Waals surface area contributed by atoms with Crippen LogP contribution in [0.25, 0.3) is 0 Å². The standard InChI is InChI=1S/C18H22N2O4S2/c1-3-7-25-11-15-17(22)19(16(18(23)24)12-26-8-4-2)9-13-5-6-14(10-21)20(13)15/h3-6,10,15-16H,1-2,7-9,11-12H2,(H,23,24)/t15-,16+/m1/s1. The fourth-order valence-corrected chi connectivity index (χ4v) is 4.56. The first-order valence-corrected chi connectivity index (χ1v) is 10.4. The van der Waals surface area contributed by atoms with E-state index in [1.807, 2.05) is 0 Å². The van der Waals surface area contributed by atoms with Crippen molar-refractivity contribution in [1.29, 1.82) is 0 Å². The molecule has 26 heavy (non-hydrogen) atoms. The summed E-state index contributed by atoms with van der Waals surface area (Å²) in [4.78, 5) is 37.6. The maximum Gasteiger partial charge on any atom is 0.327 e. The van der Waals surface area contributed by atoms with Gasteiger partial charge in [-0.1, -0.05) is 12.2 Å². The number of fused-ring (bicyclic) bond motifs is 1. The molecule has 0 aromatic carbocycles. The van der Waals surface area contributed by atoms with Gasteiger partial charge in [0.2, 0.25) is 5.91 Å². The van der Waals surface area contributed by atoms with Crippen LogP contribution in [0.2, 0.25) is 0 Å². The maximum atomic E-state index is 13.1. The molecule has 6 nitrogen and oxygen atoms in total. The Balaban J connectivity index is 2.32. The smallest absolute Gasteiger partial charge is 0.327 e. The predicted molar refractivity (Wildman–Crippen MR) is 106 cm³/mol. The summed E-state index contributed by atoms with van der Waals surface area (Å²) in [5, 5.41) is 9.63. The molecule has 0 saturated heterocycles. The van der Waals surface area contributed by atoms with Gasteiger partial charge in [0.15, 0.2) is 6.29 Å². The summed E-state index contributed by atoms with van der Waals surface area (Å²) < 4.78 is 1.73. The molecule has 2 heterocycles. The highest BCUT2D eigenvalue weighted by Crippen LogP contribution is 2.30. The summed E-state index contributed by atoms with van der Waals surface area (Å²) in [6.07, 6.45) is 4.18. The number of rotatable bonds is 11. The lowest BCUT2D eigenvalue weighted by Gasteiger charge is -2.38. The first-order chi connectivity index (χ1) is 12.5. The Morgan fingerprint density at radius 1 is 1.31 bits per heavy atom. The number of carbonyl (C=O) groups is 3. The van der Waals surface area contributed by atoms with Crippen molar-refractivity contribution in [2.24, 2.45) is 0 Å². The topological polar surface area (TPSA) is 79.6 Å². The second kappa shape index (κ2) is 9.68. The molecule has 0 fully saturated rings. The Morgan fingerprint density at radius 3 is 2.62 bits per heavy atom. The summed E-state index contributed by atoms with van der Waals surface area (Å²) in [6.45, 7) is 7.48.